The van der Waals surface area contributed by atoms with Crippen LogP contribution in [0, 0.1) is 10.8 Å². The van der Waals surface area contributed by atoms with Gasteiger partial charge in [-0.15, -0.1) is 0 Å². The summed E-state index contributed by atoms with van der Waals surface area (Å²) in [7, 11) is 0. The summed E-state index contributed by atoms with van der Waals surface area (Å²) in [6.45, 7) is 1.36. The first-order chi connectivity index (χ1) is 13.5. The van der Waals surface area contributed by atoms with E-state index in [0.29, 0.717) is 0 Å². The number of allylic oxidation sites excluding steroid dienone is 6. The van der Waals surface area contributed by atoms with E-state index in [0.717, 1.165) is 0 Å². The number of carboxylic acid groups (broad SMARTS) is 4. The van der Waals surface area contributed by atoms with Crippen molar-refractivity contribution in [2.24, 2.45) is 10.8 Å². The standard InChI is InChI=1S/C20H24O9/c1-13-8-7-11-19(15(22)23,16(24)25)9-5-3-2-4-6-10-20(17(26)27,18(28)29)12-14(13)21/h2-5,8H,6-7,9-12H2,1H3,(H,22,23)(H,24,25)(H,26,27)(H,28,29)/b4-2+,5-3-,13-8+. The summed E-state index contributed by atoms with van der Waals surface area (Å²) in [5.41, 5.74) is -4.30. The highest BCUT2D eigenvalue weighted by Gasteiger charge is 2.48. The molecule has 1 rings (SSSR count). The van der Waals surface area contributed by atoms with Gasteiger partial charge in [0.25, 0.3) is 0 Å². The van der Waals surface area contributed by atoms with Crippen LogP contribution in [0.15, 0.2) is 36.0 Å². The molecule has 0 aromatic rings. The van der Waals surface area contributed by atoms with Crippen molar-refractivity contribution in [3.8, 4) is 0 Å². The predicted molar refractivity (Wildman–Crippen MR) is 100 cm³/mol. The third kappa shape index (κ3) is 5.40. The minimum absolute atomic E-state index is 0.0436. The SMILES string of the molecule is C/C1=C\CCC(C(=O)O)(C(=O)O)C/C=C\C=C\CCC(C(=O)O)(C(=O)O)CC1=O. The monoisotopic (exact) mass is 408 g/mol. The van der Waals surface area contributed by atoms with E-state index in [-0.39, 0.29) is 37.7 Å². The Morgan fingerprint density at radius 2 is 1.28 bits per heavy atom. The predicted octanol–water partition coefficient (Wildman–Crippen LogP) is 2.28. The molecule has 1 aliphatic carbocycles. The Hall–Kier alpha value is -3.23. The molecule has 0 saturated carbocycles. The van der Waals surface area contributed by atoms with Crippen LogP contribution in [0.25, 0.3) is 0 Å². The molecule has 0 aromatic heterocycles. The van der Waals surface area contributed by atoms with Crippen molar-refractivity contribution in [1.82, 2.24) is 0 Å². The summed E-state index contributed by atoms with van der Waals surface area (Å²) in [6, 6.07) is 0. The van der Waals surface area contributed by atoms with Gasteiger partial charge in [0.05, 0.1) is 0 Å². The molecule has 158 valence electrons. The summed E-state index contributed by atoms with van der Waals surface area (Å²) >= 11 is 0. The average molecular weight is 408 g/mol. The fourth-order valence-electron chi connectivity index (χ4n) is 3.04. The van der Waals surface area contributed by atoms with E-state index in [1.54, 1.807) is 0 Å². The topological polar surface area (TPSA) is 166 Å². The maximum atomic E-state index is 12.4. The van der Waals surface area contributed by atoms with Gasteiger partial charge < -0.3 is 20.4 Å². The number of Topliss-reactive ketones (excluding diaryl/α,β-unsaturated/α-hetero) is 1. The second-order valence-corrected chi connectivity index (χ2v) is 7.01. The molecule has 0 saturated heterocycles. The van der Waals surface area contributed by atoms with E-state index in [1.807, 2.05) is 0 Å². The first-order valence-electron chi connectivity index (χ1n) is 8.95. The Labute approximate surface area is 167 Å². The molecule has 0 radical (unpaired) electrons. The Bertz CT molecular complexity index is 758. The van der Waals surface area contributed by atoms with Crippen LogP contribution in [0.2, 0.25) is 0 Å². The largest absolute Gasteiger partial charge is 0.480 e. The van der Waals surface area contributed by atoms with E-state index < -0.39 is 46.9 Å². The van der Waals surface area contributed by atoms with Gasteiger partial charge in [-0.05, 0) is 44.6 Å². The lowest BCUT2D eigenvalue weighted by molar-refractivity contribution is -0.168. The summed E-state index contributed by atoms with van der Waals surface area (Å²) in [4.78, 5) is 59.1. The minimum Gasteiger partial charge on any atom is -0.480 e. The Morgan fingerprint density at radius 1 is 0.793 bits per heavy atom. The van der Waals surface area contributed by atoms with Crippen LogP contribution in [-0.4, -0.2) is 50.1 Å². The van der Waals surface area contributed by atoms with Gasteiger partial charge in [-0.1, -0.05) is 30.4 Å². The number of carboxylic acids is 4. The van der Waals surface area contributed by atoms with Crippen LogP contribution < -0.4 is 0 Å². The first-order valence-corrected chi connectivity index (χ1v) is 8.95. The summed E-state index contributed by atoms with van der Waals surface area (Å²) in [5, 5.41) is 37.9. The van der Waals surface area contributed by atoms with Crippen molar-refractivity contribution in [3.05, 3.63) is 36.0 Å². The smallest absolute Gasteiger partial charge is 0.321 e. The van der Waals surface area contributed by atoms with Crippen molar-refractivity contribution >= 4 is 29.7 Å². The van der Waals surface area contributed by atoms with E-state index in [1.165, 1.54) is 37.3 Å². The van der Waals surface area contributed by atoms with Crippen LogP contribution in [0.3, 0.4) is 0 Å². The van der Waals surface area contributed by atoms with Gasteiger partial charge in [-0.3, -0.25) is 24.0 Å². The molecular weight excluding hydrogens is 384 g/mol. The van der Waals surface area contributed by atoms with Crippen molar-refractivity contribution in [3.63, 3.8) is 0 Å². The number of hydrogen-bond acceptors (Lipinski definition) is 5. The molecule has 9 heteroatoms. The zero-order valence-electron chi connectivity index (χ0n) is 16.0. The average Bonchev–Trinajstić information content (AvgIpc) is 2.63. The van der Waals surface area contributed by atoms with E-state index in [2.05, 4.69) is 0 Å². The van der Waals surface area contributed by atoms with Gasteiger partial charge in [0.1, 0.15) is 0 Å². The van der Waals surface area contributed by atoms with Crippen molar-refractivity contribution in [2.75, 3.05) is 0 Å². The van der Waals surface area contributed by atoms with Gasteiger partial charge in [-0.2, -0.15) is 0 Å². The summed E-state index contributed by atoms with van der Waals surface area (Å²) < 4.78 is 0. The fraction of sp³-hybridized carbons (Fsp3) is 0.450. The Balaban J connectivity index is 3.34. The molecule has 0 unspecified atom stereocenters. The lowest BCUT2D eigenvalue weighted by Crippen LogP contribution is -2.41. The molecule has 0 amide bonds. The van der Waals surface area contributed by atoms with Crippen molar-refractivity contribution in [2.45, 2.75) is 45.4 Å². The van der Waals surface area contributed by atoms with Gasteiger partial charge in [0.15, 0.2) is 16.6 Å². The molecule has 0 atom stereocenters. The molecular formula is C20H24O9. The Kier molecular flexibility index (Phi) is 8.05. The van der Waals surface area contributed by atoms with Crippen LogP contribution >= 0.6 is 0 Å². The van der Waals surface area contributed by atoms with Crippen molar-refractivity contribution in [1.29, 1.82) is 0 Å². The van der Waals surface area contributed by atoms with Crippen LogP contribution in [0.1, 0.15) is 45.4 Å². The summed E-state index contributed by atoms with van der Waals surface area (Å²) in [5.74, 6) is -6.94. The molecule has 1 aliphatic rings. The van der Waals surface area contributed by atoms with Crippen molar-refractivity contribution < 1.29 is 44.4 Å². The highest BCUT2D eigenvalue weighted by Crippen LogP contribution is 2.33. The second kappa shape index (κ2) is 9.81. The number of ketones is 1. The fourth-order valence-corrected chi connectivity index (χ4v) is 3.04. The minimum atomic E-state index is -2.29. The van der Waals surface area contributed by atoms with E-state index in [9.17, 15) is 44.4 Å². The number of hydrogen-bond donors (Lipinski definition) is 4. The third-order valence-electron chi connectivity index (χ3n) is 5.15. The zero-order valence-corrected chi connectivity index (χ0v) is 16.0. The zero-order chi connectivity index (χ0) is 22.2. The molecule has 29 heavy (non-hydrogen) atoms. The number of rotatable bonds is 4. The molecule has 0 aromatic carbocycles. The van der Waals surface area contributed by atoms with Crippen LogP contribution in [-0.2, 0) is 24.0 Å². The molecule has 0 bridgehead atoms. The quantitative estimate of drug-likeness (QED) is 0.510. The van der Waals surface area contributed by atoms with Gasteiger partial charge in [0, 0.05) is 6.42 Å². The molecule has 0 aliphatic heterocycles. The maximum absolute atomic E-state index is 12.4. The third-order valence-corrected chi connectivity index (χ3v) is 5.15. The highest BCUT2D eigenvalue weighted by atomic mass is 16.4. The number of aliphatic carboxylic acids is 4. The van der Waals surface area contributed by atoms with Gasteiger partial charge in [-0.25, -0.2) is 0 Å². The lowest BCUT2D eigenvalue weighted by atomic mass is 9.77. The normalized spacial score (nSPS) is 24.0. The number of carbonyl (C=O) groups is 5. The molecule has 0 heterocycles. The molecule has 0 spiro atoms. The van der Waals surface area contributed by atoms with Gasteiger partial charge >= 0.3 is 23.9 Å². The lowest BCUT2D eigenvalue weighted by Gasteiger charge is -2.24. The molecule has 4 N–H and O–H groups in total. The molecule has 0 fully saturated rings. The van der Waals surface area contributed by atoms with Gasteiger partial charge in [0.2, 0.25) is 0 Å². The van der Waals surface area contributed by atoms with E-state index >= 15 is 0 Å². The molecule has 9 nitrogen and oxygen atoms in total. The second-order valence-electron chi connectivity index (χ2n) is 7.01. The number of carbonyl (C=O) groups excluding carboxylic acids is 1. The van der Waals surface area contributed by atoms with Crippen LogP contribution in [0.5, 0.6) is 0 Å². The van der Waals surface area contributed by atoms with E-state index in [4.69, 9.17) is 0 Å². The Morgan fingerprint density at radius 3 is 1.79 bits per heavy atom. The highest BCUT2D eigenvalue weighted by molar-refractivity contribution is 6.06. The maximum Gasteiger partial charge on any atom is 0.321 e. The van der Waals surface area contributed by atoms with Crippen LogP contribution in [0.4, 0.5) is 0 Å². The summed E-state index contributed by atoms with van der Waals surface area (Å²) in [6.07, 6.45) is 5.39. The first kappa shape index (κ1) is 23.8.